The minimum absolute atomic E-state index is 0.252. The van der Waals surface area contributed by atoms with Crippen molar-refractivity contribution in [3.05, 3.63) is 48.3 Å². The Kier molecular flexibility index (Phi) is 6.42. The highest BCUT2D eigenvalue weighted by molar-refractivity contribution is 7.89. The van der Waals surface area contributed by atoms with Crippen LogP contribution in [0.3, 0.4) is 0 Å². The molecule has 0 spiro atoms. The molecule has 0 radical (unpaired) electrons. The first-order valence-corrected chi connectivity index (χ1v) is 10.5. The lowest BCUT2D eigenvalue weighted by Gasteiger charge is -2.36. The van der Waals surface area contributed by atoms with Gasteiger partial charge in [0.15, 0.2) is 5.96 Å². The predicted octanol–water partition coefficient (Wildman–Crippen LogP) is 0.282. The number of hydrogen-bond donors (Lipinski definition) is 2. The molecule has 1 aromatic carbocycles. The van der Waals surface area contributed by atoms with Crippen LogP contribution in [0.2, 0.25) is 0 Å². The Morgan fingerprint density at radius 2 is 1.75 bits per heavy atom. The van der Waals surface area contributed by atoms with Crippen LogP contribution in [0.5, 0.6) is 0 Å². The molecule has 0 unspecified atom stereocenters. The molecule has 1 saturated heterocycles. The van der Waals surface area contributed by atoms with Crippen LogP contribution in [0, 0.1) is 0 Å². The molecule has 2 aromatic rings. The fourth-order valence-corrected chi connectivity index (χ4v) is 3.72. The predicted molar refractivity (Wildman–Crippen MR) is 109 cm³/mol. The first-order chi connectivity index (χ1) is 13.5. The second kappa shape index (κ2) is 8.98. The van der Waals surface area contributed by atoms with Crippen LogP contribution in [0.4, 0.5) is 5.95 Å². The molecule has 2 N–H and O–H groups in total. The Morgan fingerprint density at radius 1 is 1.11 bits per heavy atom. The molecule has 0 bridgehead atoms. The highest BCUT2D eigenvalue weighted by Gasteiger charge is 2.21. The van der Waals surface area contributed by atoms with E-state index in [1.54, 1.807) is 43.7 Å². The second-order valence-corrected chi connectivity index (χ2v) is 8.16. The third-order valence-electron chi connectivity index (χ3n) is 4.58. The van der Waals surface area contributed by atoms with Crippen molar-refractivity contribution in [2.24, 2.45) is 4.99 Å². The van der Waals surface area contributed by atoms with Crippen LogP contribution >= 0.6 is 0 Å². The Hall–Kier alpha value is -2.72. The number of aliphatic imine (C=N–C) groups is 1. The molecule has 150 valence electrons. The average Bonchev–Trinajstić information content (AvgIpc) is 2.75. The van der Waals surface area contributed by atoms with Crippen molar-refractivity contribution in [2.45, 2.75) is 11.4 Å². The fraction of sp³-hybridized carbons (Fsp3) is 0.389. The van der Waals surface area contributed by atoms with Gasteiger partial charge in [0, 0.05) is 52.2 Å². The van der Waals surface area contributed by atoms with Crippen LogP contribution in [0.15, 0.2) is 52.6 Å². The van der Waals surface area contributed by atoms with Gasteiger partial charge >= 0.3 is 0 Å². The summed E-state index contributed by atoms with van der Waals surface area (Å²) in [5.41, 5.74) is 0.979. The van der Waals surface area contributed by atoms with E-state index in [1.165, 1.54) is 7.05 Å². The summed E-state index contributed by atoms with van der Waals surface area (Å²) in [4.78, 5) is 17.6. The minimum Gasteiger partial charge on any atom is -0.352 e. The van der Waals surface area contributed by atoms with Crippen molar-refractivity contribution in [2.75, 3.05) is 45.2 Å². The zero-order valence-corrected chi connectivity index (χ0v) is 16.9. The SMILES string of the molecule is CN=C(NCc1ccc(S(=O)(=O)NC)cc1)N1CCN(c2ncccn2)CC1. The second-order valence-electron chi connectivity index (χ2n) is 6.28. The van der Waals surface area contributed by atoms with Gasteiger partial charge in [-0.25, -0.2) is 23.1 Å². The molecule has 2 heterocycles. The van der Waals surface area contributed by atoms with Gasteiger partial charge in [-0.3, -0.25) is 4.99 Å². The highest BCUT2D eigenvalue weighted by atomic mass is 32.2. The number of anilines is 1. The van der Waals surface area contributed by atoms with Gasteiger partial charge in [-0.1, -0.05) is 12.1 Å². The Bertz CT molecular complexity index is 893. The van der Waals surface area contributed by atoms with E-state index in [1.807, 2.05) is 6.07 Å². The average molecular weight is 404 g/mol. The summed E-state index contributed by atoms with van der Waals surface area (Å²) in [6.07, 6.45) is 3.50. The van der Waals surface area contributed by atoms with Gasteiger partial charge in [0.05, 0.1) is 4.90 Å². The third-order valence-corrected chi connectivity index (χ3v) is 6.01. The number of hydrogen-bond acceptors (Lipinski definition) is 6. The fourth-order valence-electron chi connectivity index (χ4n) is 2.99. The molecule has 10 heteroatoms. The van der Waals surface area contributed by atoms with E-state index in [0.29, 0.717) is 6.54 Å². The maximum absolute atomic E-state index is 11.8. The van der Waals surface area contributed by atoms with Crippen molar-refractivity contribution in [3.8, 4) is 0 Å². The lowest BCUT2D eigenvalue weighted by molar-refractivity contribution is 0.370. The van der Waals surface area contributed by atoms with Gasteiger partial charge in [0.25, 0.3) is 0 Å². The Labute approximate surface area is 165 Å². The summed E-state index contributed by atoms with van der Waals surface area (Å²) >= 11 is 0. The first-order valence-electron chi connectivity index (χ1n) is 9.03. The molecule has 1 aromatic heterocycles. The molecule has 0 atom stereocenters. The van der Waals surface area contributed by atoms with Crippen LogP contribution in [0.1, 0.15) is 5.56 Å². The summed E-state index contributed by atoms with van der Waals surface area (Å²) < 4.78 is 25.9. The molecule has 3 rings (SSSR count). The molecule has 0 aliphatic carbocycles. The monoisotopic (exact) mass is 403 g/mol. The van der Waals surface area contributed by atoms with Gasteiger partial charge in [0.2, 0.25) is 16.0 Å². The molecule has 0 saturated carbocycles. The standard InChI is InChI=1S/C18H25N7O2S/c1-19-17(23-14-15-4-6-16(7-5-15)28(26,27)20-2)24-10-12-25(13-11-24)18-21-8-3-9-22-18/h3-9,20H,10-14H2,1-2H3,(H,19,23). The molecule has 1 aliphatic rings. The number of sulfonamides is 1. The van der Waals surface area contributed by atoms with E-state index in [4.69, 9.17) is 0 Å². The maximum Gasteiger partial charge on any atom is 0.240 e. The highest BCUT2D eigenvalue weighted by Crippen LogP contribution is 2.12. The van der Waals surface area contributed by atoms with Crippen molar-refractivity contribution in [1.82, 2.24) is 24.9 Å². The molecule has 1 fully saturated rings. The van der Waals surface area contributed by atoms with Crippen molar-refractivity contribution < 1.29 is 8.42 Å². The van der Waals surface area contributed by atoms with E-state index >= 15 is 0 Å². The minimum atomic E-state index is -3.41. The van der Waals surface area contributed by atoms with Gasteiger partial charge in [-0.2, -0.15) is 0 Å². The summed E-state index contributed by atoms with van der Waals surface area (Å²) in [7, 11) is -0.251. The molecule has 1 aliphatic heterocycles. The van der Waals surface area contributed by atoms with E-state index in [0.717, 1.165) is 43.7 Å². The number of nitrogens with one attached hydrogen (secondary N) is 2. The molecule has 28 heavy (non-hydrogen) atoms. The normalized spacial score (nSPS) is 15.6. The van der Waals surface area contributed by atoms with Crippen LogP contribution in [-0.2, 0) is 16.6 Å². The number of piperazine rings is 1. The number of aromatic nitrogens is 2. The number of benzene rings is 1. The van der Waals surface area contributed by atoms with E-state index in [9.17, 15) is 8.42 Å². The third kappa shape index (κ3) is 4.76. The van der Waals surface area contributed by atoms with Gasteiger partial charge in [0.1, 0.15) is 0 Å². The molecule has 9 nitrogen and oxygen atoms in total. The van der Waals surface area contributed by atoms with Crippen molar-refractivity contribution in [1.29, 1.82) is 0 Å². The zero-order valence-electron chi connectivity index (χ0n) is 16.0. The number of nitrogens with zero attached hydrogens (tertiary/aromatic N) is 5. The topological polar surface area (TPSA) is 103 Å². The summed E-state index contributed by atoms with van der Waals surface area (Å²) in [6, 6.07) is 8.62. The molecular weight excluding hydrogens is 378 g/mol. The van der Waals surface area contributed by atoms with Crippen LogP contribution in [-0.4, -0.2) is 69.5 Å². The summed E-state index contributed by atoms with van der Waals surface area (Å²) in [6.45, 7) is 3.84. The lowest BCUT2D eigenvalue weighted by Crippen LogP contribution is -2.52. The van der Waals surface area contributed by atoms with Crippen LogP contribution in [0.25, 0.3) is 0 Å². The maximum atomic E-state index is 11.8. The van der Waals surface area contributed by atoms with E-state index < -0.39 is 10.0 Å². The number of guanidine groups is 1. The molecular formula is C18H25N7O2S. The van der Waals surface area contributed by atoms with Crippen molar-refractivity contribution >= 4 is 21.9 Å². The Morgan fingerprint density at radius 3 is 2.32 bits per heavy atom. The summed E-state index contributed by atoms with van der Waals surface area (Å²) in [5, 5.41) is 3.34. The zero-order chi connectivity index (χ0) is 20.0. The van der Waals surface area contributed by atoms with E-state index in [-0.39, 0.29) is 4.90 Å². The largest absolute Gasteiger partial charge is 0.352 e. The van der Waals surface area contributed by atoms with Crippen LogP contribution < -0.4 is 14.9 Å². The van der Waals surface area contributed by atoms with Crippen molar-refractivity contribution in [3.63, 3.8) is 0 Å². The quantitative estimate of drug-likeness (QED) is 0.546. The smallest absolute Gasteiger partial charge is 0.240 e. The first kappa shape index (κ1) is 20.0. The van der Waals surface area contributed by atoms with Gasteiger partial charge in [-0.15, -0.1) is 0 Å². The Balaban J connectivity index is 1.54. The molecule has 0 amide bonds. The lowest BCUT2D eigenvalue weighted by atomic mass is 10.2. The summed E-state index contributed by atoms with van der Waals surface area (Å²) in [5.74, 6) is 1.57. The van der Waals surface area contributed by atoms with Gasteiger partial charge in [-0.05, 0) is 30.8 Å². The van der Waals surface area contributed by atoms with E-state index in [2.05, 4.69) is 34.8 Å². The van der Waals surface area contributed by atoms with Gasteiger partial charge < -0.3 is 15.1 Å². The number of rotatable bonds is 5.